The number of likely N-dealkylation sites (tertiary alicyclic amines) is 1. The highest BCUT2D eigenvalue weighted by Gasteiger charge is 2.25. The van der Waals surface area contributed by atoms with E-state index < -0.39 is 10.2 Å². The first-order chi connectivity index (χ1) is 14.7. The predicted molar refractivity (Wildman–Crippen MR) is 129 cm³/mol. The second kappa shape index (κ2) is 11.5. The third-order valence-electron chi connectivity index (χ3n) is 6.64. The second-order valence-electron chi connectivity index (χ2n) is 9.58. The highest BCUT2D eigenvalue weighted by Crippen LogP contribution is 2.31. The lowest BCUT2D eigenvalue weighted by Gasteiger charge is -2.34. The van der Waals surface area contributed by atoms with Gasteiger partial charge in [0.15, 0.2) is 0 Å². The molecule has 2 aliphatic rings. The lowest BCUT2D eigenvalue weighted by molar-refractivity contribution is 0.164. The lowest BCUT2D eigenvalue weighted by atomic mass is 9.84. The fourth-order valence-corrected chi connectivity index (χ4v) is 6.05. The molecule has 1 saturated carbocycles. The first kappa shape index (κ1) is 25.0. The maximum atomic E-state index is 11.2. The number of nitrogens with zero attached hydrogens (tertiary/aromatic N) is 1. The number of halogens is 1. The van der Waals surface area contributed by atoms with Gasteiger partial charge in [-0.15, -0.1) is 0 Å². The van der Waals surface area contributed by atoms with Crippen LogP contribution >= 0.6 is 15.9 Å². The van der Waals surface area contributed by atoms with E-state index >= 15 is 0 Å². The van der Waals surface area contributed by atoms with Gasteiger partial charge in [-0.25, -0.2) is 5.14 Å². The average Bonchev–Trinajstić information content (AvgIpc) is 2.69. The minimum absolute atomic E-state index is 0.0192. The molecule has 31 heavy (non-hydrogen) atoms. The van der Waals surface area contributed by atoms with Gasteiger partial charge in [-0.2, -0.15) is 13.1 Å². The zero-order valence-electron chi connectivity index (χ0n) is 18.9. The fourth-order valence-electron chi connectivity index (χ4n) is 4.94. The molecular weight excluding hydrogens is 478 g/mol. The summed E-state index contributed by atoms with van der Waals surface area (Å²) < 4.78 is 32.0. The molecule has 0 radical (unpaired) electrons. The number of hydrogen-bond acceptors (Lipinski definition) is 4. The summed E-state index contributed by atoms with van der Waals surface area (Å²) in [6.07, 6.45) is 8.97. The van der Waals surface area contributed by atoms with Gasteiger partial charge in [-0.1, -0.05) is 15.9 Å². The van der Waals surface area contributed by atoms with Gasteiger partial charge >= 0.3 is 0 Å². The van der Waals surface area contributed by atoms with E-state index in [4.69, 9.17) is 9.88 Å². The highest BCUT2D eigenvalue weighted by atomic mass is 79.9. The number of rotatable bonds is 9. The topological polar surface area (TPSA) is 84.7 Å². The summed E-state index contributed by atoms with van der Waals surface area (Å²) in [6, 6.07) is 6.35. The van der Waals surface area contributed by atoms with E-state index in [1.54, 1.807) is 0 Å². The van der Waals surface area contributed by atoms with E-state index in [-0.39, 0.29) is 12.1 Å². The van der Waals surface area contributed by atoms with E-state index in [2.05, 4.69) is 51.5 Å². The Labute approximate surface area is 196 Å². The van der Waals surface area contributed by atoms with Crippen molar-refractivity contribution in [2.75, 3.05) is 19.6 Å². The third-order valence-corrected chi connectivity index (χ3v) is 8.07. The van der Waals surface area contributed by atoms with Gasteiger partial charge in [-0.3, -0.25) is 0 Å². The molecule has 2 fully saturated rings. The second-order valence-corrected chi connectivity index (χ2v) is 11.8. The zero-order valence-corrected chi connectivity index (χ0v) is 21.3. The predicted octanol–water partition coefficient (Wildman–Crippen LogP) is 4.23. The lowest BCUT2D eigenvalue weighted by Crippen LogP contribution is -2.41. The van der Waals surface area contributed by atoms with Crippen molar-refractivity contribution in [2.45, 2.75) is 77.4 Å². The van der Waals surface area contributed by atoms with Crippen LogP contribution in [0.1, 0.15) is 64.4 Å². The molecule has 0 atom stereocenters. The van der Waals surface area contributed by atoms with Crippen LogP contribution in [0.15, 0.2) is 22.7 Å². The molecule has 6 nitrogen and oxygen atoms in total. The molecular formula is C23H38BrN3O3S. The van der Waals surface area contributed by atoms with Gasteiger partial charge < -0.3 is 9.64 Å². The van der Waals surface area contributed by atoms with E-state index in [1.165, 1.54) is 42.4 Å². The van der Waals surface area contributed by atoms with Gasteiger partial charge in [0.2, 0.25) is 0 Å². The Bertz CT molecular complexity index is 802. The summed E-state index contributed by atoms with van der Waals surface area (Å²) in [6.45, 7) is 7.63. The van der Waals surface area contributed by atoms with Crippen LogP contribution in [0.3, 0.4) is 0 Å². The van der Waals surface area contributed by atoms with Gasteiger partial charge in [0, 0.05) is 10.5 Å². The minimum atomic E-state index is -3.58. The third kappa shape index (κ3) is 8.65. The van der Waals surface area contributed by atoms with E-state index in [0.29, 0.717) is 5.92 Å². The van der Waals surface area contributed by atoms with Crippen LogP contribution in [0.5, 0.6) is 5.75 Å². The maximum Gasteiger partial charge on any atom is 0.274 e. The molecule has 176 valence electrons. The molecule has 0 spiro atoms. The number of benzene rings is 1. The van der Waals surface area contributed by atoms with Crippen LogP contribution < -0.4 is 14.6 Å². The minimum Gasteiger partial charge on any atom is -0.491 e. The van der Waals surface area contributed by atoms with Crippen molar-refractivity contribution in [2.24, 2.45) is 17.0 Å². The Morgan fingerprint density at radius 3 is 2.42 bits per heavy atom. The molecule has 0 aromatic heterocycles. The van der Waals surface area contributed by atoms with Crippen molar-refractivity contribution in [3.05, 3.63) is 28.2 Å². The largest absolute Gasteiger partial charge is 0.491 e. The summed E-state index contributed by atoms with van der Waals surface area (Å²) in [5, 5.41) is 5.10. The van der Waals surface area contributed by atoms with Gasteiger partial charge in [0.25, 0.3) is 10.2 Å². The molecule has 1 aliphatic carbocycles. The van der Waals surface area contributed by atoms with Gasteiger partial charge in [0.05, 0.1) is 6.10 Å². The molecule has 0 unspecified atom stereocenters. The Morgan fingerprint density at radius 1 is 1.13 bits per heavy atom. The van der Waals surface area contributed by atoms with Crippen molar-refractivity contribution in [1.82, 2.24) is 9.62 Å². The number of piperidine rings is 1. The van der Waals surface area contributed by atoms with Crippen molar-refractivity contribution in [3.8, 4) is 5.75 Å². The molecule has 1 saturated heterocycles. The SMILES string of the molecule is CC(C)Oc1ccc(Br)c(CC2CCN(CCC3CCC(NS(N)(=O)=O)CC3)CC2)c1. The molecule has 1 aromatic carbocycles. The number of nitrogens with two attached hydrogens (primary N) is 1. The summed E-state index contributed by atoms with van der Waals surface area (Å²) in [5.41, 5.74) is 1.35. The molecule has 8 heteroatoms. The molecule has 3 N–H and O–H groups in total. The summed E-state index contributed by atoms with van der Waals surface area (Å²) in [5.74, 6) is 2.39. The van der Waals surface area contributed by atoms with E-state index in [0.717, 1.165) is 50.3 Å². The molecule has 1 heterocycles. The van der Waals surface area contributed by atoms with Crippen LogP contribution in [0.2, 0.25) is 0 Å². The Hall–Kier alpha value is -0.670. The Morgan fingerprint density at radius 2 is 1.81 bits per heavy atom. The Balaban J connectivity index is 1.37. The number of ether oxygens (including phenoxy) is 1. The normalized spacial score (nSPS) is 23.9. The zero-order chi connectivity index (χ0) is 22.4. The van der Waals surface area contributed by atoms with Crippen LogP contribution in [0, 0.1) is 11.8 Å². The highest BCUT2D eigenvalue weighted by molar-refractivity contribution is 9.10. The van der Waals surface area contributed by atoms with Gasteiger partial charge in [-0.05, 0) is 120 Å². The van der Waals surface area contributed by atoms with Crippen LogP contribution in [-0.2, 0) is 16.6 Å². The van der Waals surface area contributed by atoms with E-state index in [1.807, 2.05) is 6.07 Å². The molecule has 3 rings (SSSR count). The smallest absolute Gasteiger partial charge is 0.274 e. The van der Waals surface area contributed by atoms with Crippen LogP contribution in [0.4, 0.5) is 0 Å². The molecule has 1 aliphatic heterocycles. The van der Waals surface area contributed by atoms with Crippen molar-refractivity contribution in [1.29, 1.82) is 0 Å². The number of hydrogen-bond donors (Lipinski definition) is 2. The first-order valence-electron chi connectivity index (χ1n) is 11.7. The van der Waals surface area contributed by atoms with Crippen LogP contribution in [0.25, 0.3) is 0 Å². The number of nitrogens with one attached hydrogen (secondary N) is 1. The van der Waals surface area contributed by atoms with E-state index in [9.17, 15) is 8.42 Å². The maximum absolute atomic E-state index is 11.2. The standard InChI is InChI=1S/C23H38BrN3O3S/c1-17(2)30-22-7-8-23(24)20(16-22)15-19-10-13-27(14-11-19)12-9-18-3-5-21(6-4-18)26-31(25,28)29/h7-8,16-19,21,26H,3-6,9-15H2,1-2H3,(H2,25,28,29). The molecule has 0 bridgehead atoms. The fraction of sp³-hybridized carbons (Fsp3) is 0.739. The summed E-state index contributed by atoms with van der Waals surface area (Å²) in [4.78, 5) is 2.61. The summed E-state index contributed by atoms with van der Waals surface area (Å²) in [7, 11) is -3.58. The summed E-state index contributed by atoms with van der Waals surface area (Å²) >= 11 is 3.71. The Kier molecular flexibility index (Phi) is 9.22. The first-order valence-corrected chi connectivity index (χ1v) is 14.0. The van der Waals surface area contributed by atoms with Gasteiger partial charge in [0.1, 0.15) is 5.75 Å². The van der Waals surface area contributed by atoms with Crippen molar-refractivity contribution >= 4 is 26.1 Å². The monoisotopic (exact) mass is 515 g/mol. The van der Waals surface area contributed by atoms with Crippen molar-refractivity contribution in [3.63, 3.8) is 0 Å². The molecule has 1 aromatic rings. The van der Waals surface area contributed by atoms with Crippen molar-refractivity contribution < 1.29 is 13.2 Å². The molecule has 0 amide bonds. The average molecular weight is 517 g/mol. The van der Waals surface area contributed by atoms with Crippen LogP contribution in [-0.4, -0.2) is 45.1 Å². The quantitative estimate of drug-likeness (QED) is 0.515.